The number of nitrogens with zero attached hydrogens (tertiary/aromatic N) is 2. The number of carbonyl (C=O) groups is 3. The quantitative estimate of drug-likeness (QED) is 0.260. The summed E-state index contributed by atoms with van der Waals surface area (Å²) in [6.45, 7) is 7.90. The molecule has 0 aliphatic carbocycles. The van der Waals surface area contributed by atoms with Crippen LogP contribution in [0.4, 0.5) is 0 Å². The fourth-order valence-corrected chi connectivity index (χ4v) is 5.24. The summed E-state index contributed by atoms with van der Waals surface area (Å²) < 4.78 is 10.4. The predicted octanol–water partition coefficient (Wildman–Crippen LogP) is 1.25. The molecule has 0 radical (unpaired) electrons. The van der Waals surface area contributed by atoms with Gasteiger partial charge in [-0.2, -0.15) is 0 Å². The van der Waals surface area contributed by atoms with E-state index < -0.39 is 35.4 Å². The first-order valence-corrected chi connectivity index (χ1v) is 14.2. The van der Waals surface area contributed by atoms with Crippen LogP contribution in [0.5, 0.6) is 0 Å². The fraction of sp³-hybridized carbons (Fsp3) is 0.571. The Balaban J connectivity index is 1.59. The number of carbonyl (C=O) groups excluding carboxylic acids is 3. The molecule has 3 amide bonds. The van der Waals surface area contributed by atoms with E-state index in [2.05, 4.69) is 15.6 Å². The molecule has 2 heterocycles. The Bertz CT molecular complexity index is 1130. The second kappa shape index (κ2) is 14.6. The molecule has 3 rings (SSSR count). The Hall–Kier alpha value is -2.90. The third-order valence-corrected chi connectivity index (χ3v) is 7.53. The van der Waals surface area contributed by atoms with Crippen LogP contribution in [0.15, 0.2) is 29.8 Å². The number of aliphatic hydroxyl groups excluding tert-OH is 2. The molecule has 0 saturated carbocycles. The molecule has 0 spiro atoms. The van der Waals surface area contributed by atoms with Gasteiger partial charge >= 0.3 is 0 Å². The number of nitrogens with one attached hydrogen (secondary N) is 2. The van der Waals surface area contributed by atoms with E-state index in [0.717, 1.165) is 21.7 Å². The molecule has 1 fully saturated rings. The second-order valence-electron chi connectivity index (χ2n) is 10.8. The van der Waals surface area contributed by atoms with Crippen molar-refractivity contribution in [2.75, 3.05) is 39.6 Å². The molecule has 1 aromatic heterocycles. The monoisotopic (exact) mass is 576 g/mol. The molecule has 3 atom stereocenters. The number of hydrogen-bond donors (Lipinski definition) is 4. The third kappa shape index (κ3) is 8.80. The van der Waals surface area contributed by atoms with Crippen molar-refractivity contribution in [3.8, 4) is 10.4 Å². The standard InChI is InChI=1S/C28H40N4O7S/c1-18-24(40-17-30-18)20-7-5-19(6-8-20)14-29-26(36)22-13-21(34)15-32(22)27(37)25(28(2,3)4)31-23(35)16-39-12-11-38-10-9-33/h5-8,17,21-22,25,33-34H,9-16H2,1-4H3,(H,29,36)(H,31,35)/t21-,22+,25-/m1/s1. The Kier molecular flexibility index (Phi) is 11.6. The molecule has 1 aliphatic rings. The highest BCUT2D eigenvalue weighted by Crippen LogP contribution is 2.28. The van der Waals surface area contributed by atoms with E-state index in [1.165, 1.54) is 4.90 Å². The van der Waals surface area contributed by atoms with Gasteiger partial charge in [-0.05, 0) is 23.5 Å². The molecular formula is C28H40N4O7S. The average Bonchev–Trinajstić information content (AvgIpc) is 3.52. The van der Waals surface area contributed by atoms with E-state index >= 15 is 0 Å². The van der Waals surface area contributed by atoms with Crippen LogP contribution in [0.2, 0.25) is 0 Å². The van der Waals surface area contributed by atoms with Crippen LogP contribution in [-0.4, -0.2) is 95.6 Å². The Labute approximate surface area is 238 Å². The summed E-state index contributed by atoms with van der Waals surface area (Å²) in [5.74, 6) is -1.28. The maximum absolute atomic E-state index is 13.6. The number of rotatable bonds is 13. The van der Waals surface area contributed by atoms with Crippen molar-refractivity contribution in [1.82, 2.24) is 20.5 Å². The Morgan fingerprint density at radius 2 is 1.85 bits per heavy atom. The Morgan fingerprint density at radius 3 is 2.48 bits per heavy atom. The first-order chi connectivity index (χ1) is 19.0. The molecule has 1 saturated heterocycles. The summed E-state index contributed by atoms with van der Waals surface area (Å²) in [5.41, 5.74) is 4.07. The van der Waals surface area contributed by atoms with Crippen molar-refractivity contribution in [3.63, 3.8) is 0 Å². The number of aryl methyl sites for hydroxylation is 1. The van der Waals surface area contributed by atoms with Crippen LogP contribution < -0.4 is 10.6 Å². The van der Waals surface area contributed by atoms with Crippen molar-refractivity contribution in [2.45, 2.75) is 58.8 Å². The van der Waals surface area contributed by atoms with Gasteiger partial charge in [0.15, 0.2) is 0 Å². The number of aromatic nitrogens is 1. The molecule has 0 bridgehead atoms. The summed E-state index contributed by atoms with van der Waals surface area (Å²) in [4.78, 5) is 46.1. The van der Waals surface area contributed by atoms with Crippen LogP contribution in [0, 0.1) is 12.3 Å². The molecule has 4 N–H and O–H groups in total. The van der Waals surface area contributed by atoms with Crippen LogP contribution in [-0.2, 0) is 30.4 Å². The molecule has 0 unspecified atom stereocenters. The number of aliphatic hydroxyl groups is 2. The zero-order chi connectivity index (χ0) is 29.3. The van der Waals surface area contributed by atoms with E-state index in [9.17, 15) is 19.5 Å². The van der Waals surface area contributed by atoms with Gasteiger partial charge in [0.2, 0.25) is 17.7 Å². The van der Waals surface area contributed by atoms with E-state index in [1.807, 2.05) is 57.5 Å². The third-order valence-electron chi connectivity index (χ3n) is 6.55. The fourth-order valence-electron chi connectivity index (χ4n) is 4.43. The topological polar surface area (TPSA) is 150 Å². The second-order valence-corrected chi connectivity index (χ2v) is 11.7. The van der Waals surface area contributed by atoms with Crippen LogP contribution >= 0.6 is 11.3 Å². The van der Waals surface area contributed by atoms with Crippen LogP contribution in [0.1, 0.15) is 38.4 Å². The van der Waals surface area contributed by atoms with Crippen molar-refractivity contribution in [2.24, 2.45) is 5.41 Å². The first-order valence-electron chi connectivity index (χ1n) is 13.3. The van der Waals surface area contributed by atoms with Crippen LogP contribution in [0.3, 0.4) is 0 Å². The van der Waals surface area contributed by atoms with Crippen molar-refractivity contribution < 1.29 is 34.1 Å². The molecule has 1 aromatic carbocycles. The highest BCUT2D eigenvalue weighted by Gasteiger charge is 2.44. The molecule has 1 aliphatic heterocycles. The molecule has 220 valence electrons. The Morgan fingerprint density at radius 1 is 1.15 bits per heavy atom. The zero-order valence-corrected chi connectivity index (χ0v) is 24.3. The number of amides is 3. The summed E-state index contributed by atoms with van der Waals surface area (Å²) in [6, 6.07) is 6.06. The average molecular weight is 577 g/mol. The highest BCUT2D eigenvalue weighted by atomic mass is 32.1. The summed E-state index contributed by atoms with van der Waals surface area (Å²) in [6.07, 6.45) is -0.733. The van der Waals surface area contributed by atoms with E-state index in [-0.39, 0.29) is 58.5 Å². The first kappa shape index (κ1) is 31.6. The predicted molar refractivity (Wildman–Crippen MR) is 150 cm³/mol. The molecular weight excluding hydrogens is 536 g/mol. The smallest absolute Gasteiger partial charge is 0.246 e. The molecule has 11 nitrogen and oxygen atoms in total. The number of benzene rings is 1. The number of β-amino-alcohol motifs (C(OH)–C–C–N with tert-alkyl or cyclic N) is 1. The SMILES string of the molecule is Cc1ncsc1-c1ccc(CNC(=O)[C@@H]2C[C@@H](O)CN2C(=O)[C@@H](NC(=O)COCCOCCO)C(C)(C)C)cc1. The molecule has 40 heavy (non-hydrogen) atoms. The molecule has 12 heteroatoms. The summed E-state index contributed by atoms with van der Waals surface area (Å²) >= 11 is 1.57. The van der Waals surface area contributed by atoms with Gasteiger partial charge in [-0.3, -0.25) is 14.4 Å². The van der Waals surface area contributed by atoms with Gasteiger partial charge < -0.3 is 35.2 Å². The van der Waals surface area contributed by atoms with Gasteiger partial charge in [0.1, 0.15) is 18.7 Å². The minimum Gasteiger partial charge on any atom is -0.394 e. The number of hydrogen-bond acceptors (Lipinski definition) is 9. The lowest BCUT2D eigenvalue weighted by Crippen LogP contribution is -2.58. The zero-order valence-electron chi connectivity index (χ0n) is 23.5. The lowest BCUT2D eigenvalue weighted by atomic mass is 9.85. The van der Waals surface area contributed by atoms with Gasteiger partial charge in [-0.15, -0.1) is 11.3 Å². The maximum atomic E-state index is 13.6. The van der Waals surface area contributed by atoms with Gasteiger partial charge in [-0.25, -0.2) is 4.98 Å². The van der Waals surface area contributed by atoms with Crippen molar-refractivity contribution in [3.05, 3.63) is 41.0 Å². The van der Waals surface area contributed by atoms with Gasteiger partial charge in [0.25, 0.3) is 0 Å². The summed E-state index contributed by atoms with van der Waals surface area (Å²) in [7, 11) is 0. The van der Waals surface area contributed by atoms with Gasteiger partial charge in [0, 0.05) is 19.5 Å². The van der Waals surface area contributed by atoms with Gasteiger partial charge in [-0.1, -0.05) is 45.0 Å². The maximum Gasteiger partial charge on any atom is 0.246 e. The van der Waals surface area contributed by atoms with E-state index in [0.29, 0.717) is 0 Å². The largest absolute Gasteiger partial charge is 0.394 e. The minimum atomic E-state index is -0.933. The number of thiazole rings is 1. The van der Waals surface area contributed by atoms with E-state index in [1.54, 1.807) is 11.3 Å². The van der Waals surface area contributed by atoms with Crippen molar-refractivity contribution >= 4 is 29.1 Å². The van der Waals surface area contributed by atoms with Gasteiger partial charge in [0.05, 0.1) is 48.6 Å². The normalized spacial score (nSPS) is 18.0. The molecule has 2 aromatic rings. The highest BCUT2D eigenvalue weighted by molar-refractivity contribution is 7.13. The lowest BCUT2D eigenvalue weighted by Gasteiger charge is -2.35. The summed E-state index contributed by atoms with van der Waals surface area (Å²) in [5, 5.41) is 24.7. The number of ether oxygens (including phenoxy) is 2. The van der Waals surface area contributed by atoms with Crippen LogP contribution in [0.25, 0.3) is 10.4 Å². The van der Waals surface area contributed by atoms with E-state index in [4.69, 9.17) is 14.6 Å². The lowest BCUT2D eigenvalue weighted by molar-refractivity contribution is -0.144. The minimum absolute atomic E-state index is 0.000956. The number of likely N-dealkylation sites (tertiary alicyclic amines) is 1. The van der Waals surface area contributed by atoms with Crippen molar-refractivity contribution in [1.29, 1.82) is 0 Å².